The van der Waals surface area contributed by atoms with Gasteiger partial charge in [0.05, 0.1) is 36.9 Å². The van der Waals surface area contributed by atoms with Gasteiger partial charge in [-0.3, -0.25) is 4.79 Å². The standard InChI is InChI=1S/C29H24O4S.C25H20S.C22H14.C7H10O5.P2S5/c1-3-32-27(30)29(28(31)33-4-2)25-21-13-17-9-5-7-11-19(17)15-23(21)26(34-29)24-16-20-12-8-6-10-18(20)14-22(24)25;1-25(2)23-19-11-15-7-3-5-9-17(15)13-21(19)24(26-25)22-14-18-10-6-4-8-16(18)12-20(22)23;1-2-6-16-10-20-14-22-12-18-8-4-3-7-17(18)11-21(22)13-19(20)9-15(16)5-1;1-3-11-6(9)5(8)7(10)12-4-2;3-1-2-5-7-6-4/h5-16,25-26H,3-4H2,1-2H3;3-14,23-24H,1-2H3;1-14H;3-4H2,1-2H3;. The molecule has 13 aromatic carbocycles. The van der Waals surface area contributed by atoms with Gasteiger partial charge >= 0.3 is 29.7 Å². The van der Waals surface area contributed by atoms with Crippen LogP contribution < -0.4 is 0 Å². The molecule has 0 saturated carbocycles. The fraction of sp³-hybridized carbons (Fsp3) is 0.193. The van der Waals surface area contributed by atoms with Gasteiger partial charge in [-0.15, -0.1) is 23.5 Å². The van der Waals surface area contributed by atoms with Crippen LogP contribution in [0, 0.1) is 0 Å². The van der Waals surface area contributed by atoms with E-state index in [1.54, 1.807) is 43.4 Å². The van der Waals surface area contributed by atoms with E-state index in [0.717, 1.165) is 50.8 Å². The second-order valence-corrected chi connectivity index (χ2v) is 37.9. The van der Waals surface area contributed by atoms with E-state index in [1.807, 2.05) is 24.3 Å². The molecule has 9 nitrogen and oxygen atoms in total. The Kier molecular flexibility index (Phi) is 22.0. The largest absolute Gasteiger partial charge is 0.464 e. The Labute approximate surface area is 616 Å². The molecule has 19 rings (SSSR count). The Morgan fingerprint density at radius 3 is 0.911 bits per heavy atom. The Bertz CT molecular complexity index is 5270. The van der Waals surface area contributed by atoms with Crippen LogP contribution in [0.25, 0.3) is 86.2 Å². The fourth-order valence-corrected chi connectivity index (χ4v) is 27.5. The lowest BCUT2D eigenvalue weighted by molar-refractivity contribution is -0.164. The normalized spacial score (nSPS) is 16.5. The molecule has 0 fully saturated rings. The first kappa shape index (κ1) is 71.3. The van der Waals surface area contributed by atoms with E-state index in [2.05, 4.69) is 264 Å². The van der Waals surface area contributed by atoms with Crippen LogP contribution in [0.15, 0.2) is 231 Å². The van der Waals surface area contributed by atoms with E-state index in [-0.39, 0.29) is 36.4 Å². The third-order valence-corrected chi connectivity index (χ3v) is 32.0. The fourth-order valence-electron chi connectivity index (χ4n) is 14.5. The van der Waals surface area contributed by atoms with Crippen LogP contribution in [0.4, 0.5) is 0 Å². The summed E-state index contributed by atoms with van der Waals surface area (Å²) in [5, 5.41) is 20.6. The monoisotopic (exact) mass is 1490 g/mol. The van der Waals surface area contributed by atoms with Gasteiger partial charge in [0.15, 0.2) is 0 Å². The molecule has 0 spiro atoms. The van der Waals surface area contributed by atoms with Gasteiger partial charge in [0, 0.05) is 30.7 Å². The maximum atomic E-state index is 13.6. The molecule has 13 aromatic rings. The number of ether oxygens (including phenoxy) is 4. The van der Waals surface area contributed by atoms with Gasteiger partial charge in [0.25, 0.3) is 0 Å². The quantitative estimate of drug-likeness (QED) is 0.0341. The number of rotatable bonds is 9. The van der Waals surface area contributed by atoms with E-state index >= 15 is 0 Å². The third-order valence-electron chi connectivity index (χ3n) is 18.7. The summed E-state index contributed by atoms with van der Waals surface area (Å²) in [5.41, 5.74) is 10.5. The van der Waals surface area contributed by atoms with E-state index in [9.17, 15) is 24.0 Å². The summed E-state index contributed by atoms with van der Waals surface area (Å²) >= 11 is 12.7. The third kappa shape index (κ3) is 14.3. The number of Topliss-reactive ketones (excluding diaryl/α,β-unsaturated/α-hetero) is 1. The highest BCUT2D eigenvalue weighted by Gasteiger charge is 2.64. The molecule has 4 aliphatic heterocycles. The molecule has 0 amide bonds. The Morgan fingerprint density at radius 1 is 0.376 bits per heavy atom. The number of benzene rings is 13. The highest BCUT2D eigenvalue weighted by atomic mass is 33.3. The summed E-state index contributed by atoms with van der Waals surface area (Å²) in [4.78, 5) is 59.1. The van der Waals surface area contributed by atoms with Crippen molar-refractivity contribution in [2.45, 2.75) is 73.4 Å². The lowest BCUT2D eigenvalue weighted by atomic mass is 9.69. The Balaban J connectivity index is 0.000000122. The number of thioether (sulfide) groups is 2. The second kappa shape index (κ2) is 31.2. The maximum absolute atomic E-state index is 13.6. The predicted octanol–water partition coefficient (Wildman–Crippen LogP) is 20.9. The number of hydrogen-bond acceptors (Lipinski definition) is 13. The van der Waals surface area contributed by atoms with Crippen LogP contribution in [0.2, 0.25) is 0 Å². The van der Waals surface area contributed by atoms with Gasteiger partial charge in [0.1, 0.15) is 0 Å². The summed E-state index contributed by atoms with van der Waals surface area (Å²) in [6.07, 6.45) is 0. The minimum absolute atomic E-state index is 0.0595. The molecule has 18 heteroatoms. The number of ketones is 1. The van der Waals surface area contributed by atoms with Gasteiger partial charge in [-0.25, -0.2) is 19.2 Å². The molecule has 0 aromatic heterocycles. The van der Waals surface area contributed by atoms with E-state index in [4.69, 9.17) is 9.47 Å². The number of esters is 4. The van der Waals surface area contributed by atoms with Gasteiger partial charge < -0.3 is 18.9 Å². The average Bonchev–Trinajstić information content (AvgIpc) is 0.700. The zero-order valence-electron chi connectivity index (χ0n) is 56.0. The van der Waals surface area contributed by atoms with Crippen molar-refractivity contribution in [3.8, 4) is 0 Å². The molecule has 0 atom stereocenters. The molecule has 101 heavy (non-hydrogen) atoms. The van der Waals surface area contributed by atoms with E-state index in [1.165, 1.54) is 117 Å². The minimum atomic E-state index is -1.48. The summed E-state index contributed by atoms with van der Waals surface area (Å²) in [5.74, 6) is -4.70. The molecule has 0 saturated heterocycles. The summed E-state index contributed by atoms with van der Waals surface area (Å²) in [6.45, 7) is 12.0. The van der Waals surface area contributed by atoms with Crippen molar-refractivity contribution in [1.82, 2.24) is 0 Å². The Hall–Kier alpha value is -8.11. The first-order chi connectivity index (χ1) is 49.1. The summed E-state index contributed by atoms with van der Waals surface area (Å²) < 4.78 is 18.4. The number of fused-ring (bicyclic) bond motifs is 10. The first-order valence-corrected chi connectivity index (χ1v) is 43.5. The zero-order valence-corrected chi connectivity index (χ0v) is 63.5. The van der Waals surface area contributed by atoms with Crippen LogP contribution in [-0.2, 0) is 93.2 Å². The van der Waals surface area contributed by atoms with Crippen LogP contribution in [-0.4, -0.2) is 65.6 Å². The number of carbonyl (C=O) groups excluding carboxylic acids is 5. The van der Waals surface area contributed by atoms with Crippen molar-refractivity contribution in [2.75, 3.05) is 26.4 Å². The van der Waals surface area contributed by atoms with Gasteiger partial charge in [-0.05, 0) is 283 Å². The van der Waals surface area contributed by atoms with Gasteiger partial charge in [-0.2, -0.15) is 0 Å². The highest BCUT2D eigenvalue weighted by Crippen LogP contribution is 2.67. The number of carbonyl (C=O) groups is 5. The minimum Gasteiger partial charge on any atom is -0.464 e. The van der Waals surface area contributed by atoms with Crippen LogP contribution in [0.1, 0.15) is 108 Å². The lowest BCUT2D eigenvalue weighted by Gasteiger charge is -2.50. The molecule has 0 N–H and O–H groups in total. The predicted molar refractivity (Wildman–Crippen MR) is 434 cm³/mol. The molecular formula is C83H68O9P2S7. The maximum Gasteiger partial charge on any atom is 0.386 e. The van der Waals surface area contributed by atoms with Crippen molar-refractivity contribution < 1.29 is 42.9 Å². The zero-order chi connectivity index (χ0) is 70.5. The molecule has 506 valence electrons. The Morgan fingerprint density at radius 2 is 0.634 bits per heavy atom. The average molecular weight is 1500 g/mol. The molecule has 4 bridgehead atoms. The topological polar surface area (TPSA) is 122 Å². The van der Waals surface area contributed by atoms with Crippen molar-refractivity contribution >= 4 is 204 Å². The molecule has 2 aliphatic carbocycles. The van der Waals surface area contributed by atoms with Crippen molar-refractivity contribution in [2.24, 2.45) is 0 Å². The molecule has 0 unspecified atom stereocenters. The second-order valence-electron chi connectivity index (χ2n) is 25.0. The lowest BCUT2D eigenvalue weighted by Crippen LogP contribution is -2.55. The van der Waals surface area contributed by atoms with E-state index < -0.39 is 40.3 Å². The highest BCUT2D eigenvalue weighted by molar-refractivity contribution is 8.63. The van der Waals surface area contributed by atoms with Crippen molar-refractivity contribution in [3.63, 3.8) is 0 Å². The summed E-state index contributed by atoms with van der Waals surface area (Å²) in [7, 11) is 6.83. The number of hydrogen-bond donors (Lipinski definition) is 0. The van der Waals surface area contributed by atoms with E-state index in [0.29, 0.717) is 11.2 Å². The van der Waals surface area contributed by atoms with Crippen molar-refractivity contribution in [3.05, 3.63) is 275 Å². The van der Waals surface area contributed by atoms with Crippen LogP contribution in [0.3, 0.4) is 0 Å². The molecule has 0 radical (unpaired) electrons. The SMILES string of the molecule is CC1(C)SC2c3cc4ccccc4cc3C1c1cc3ccccc3cc12.CCOC(=O)C(=O)C(=O)OCC.CCOC(=O)C1(C(=O)OCC)SC2c3cc4ccccc4cc3C1c1cc3ccccc3cc12.S=PP=S=S=S=S.c1ccc2cc3cc4cc5ccccc5cc4cc3cc2c1. The molecule has 4 heterocycles. The van der Waals surface area contributed by atoms with Gasteiger partial charge in [0.2, 0.25) is 4.75 Å². The molecule has 6 aliphatic rings. The van der Waals surface area contributed by atoms with Crippen LogP contribution >= 0.6 is 37.6 Å². The smallest absolute Gasteiger partial charge is 0.386 e. The van der Waals surface area contributed by atoms with Crippen LogP contribution in [0.5, 0.6) is 0 Å². The first-order valence-electron chi connectivity index (χ1n) is 33.2. The van der Waals surface area contributed by atoms with Crippen molar-refractivity contribution in [1.29, 1.82) is 0 Å². The summed E-state index contributed by atoms with van der Waals surface area (Å²) in [6, 6.07) is 83.5. The van der Waals surface area contributed by atoms with Gasteiger partial charge in [-0.1, -0.05) is 170 Å². The molecular weight excluding hydrogens is 1430 g/mol.